The van der Waals surface area contributed by atoms with Gasteiger partial charge in [0.1, 0.15) is 0 Å². The molecular weight excluding hydrogens is 299 g/mol. The maximum Gasteiger partial charge on any atom is 0.241 e. The first-order valence-electron chi connectivity index (χ1n) is 4.70. The highest BCUT2D eigenvalue weighted by Crippen LogP contribution is 2.30. The van der Waals surface area contributed by atoms with Crippen molar-refractivity contribution in [2.45, 2.75) is 9.99 Å². The second-order valence-electron chi connectivity index (χ2n) is 3.35. The van der Waals surface area contributed by atoms with E-state index >= 15 is 0 Å². The van der Waals surface area contributed by atoms with Crippen molar-refractivity contribution < 1.29 is 17.6 Å². The number of carbonyl (C=O) groups excluding carboxylic acids is 1. The Labute approximate surface area is 113 Å². The van der Waals surface area contributed by atoms with Crippen LogP contribution in [0, 0.1) is 0 Å². The minimum Gasteiger partial charge on any atom is -0.441 e. The number of halogens is 2. The van der Waals surface area contributed by atoms with E-state index in [4.69, 9.17) is 27.6 Å². The monoisotopic (exact) mass is 304 g/mol. The normalized spacial score (nSPS) is 11.4. The van der Waals surface area contributed by atoms with Crippen LogP contribution in [0.25, 0.3) is 0 Å². The van der Waals surface area contributed by atoms with Crippen LogP contribution in [0.1, 0.15) is 10.6 Å². The van der Waals surface area contributed by atoms with Crippen molar-refractivity contribution in [2.75, 3.05) is 0 Å². The Bertz CT molecular complexity index is 704. The van der Waals surface area contributed by atoms with Crippen molar-refractivity contribution in [3.8, 4) is 0 Å². The predicted octanol–water partition coefficient (Wildman–Crippen LogP) is 3.23. The summed E-state index contributed by atoms with van der Waals surface area (Å²) < 4.78 is 29.2. The van der Waals surface area contributed by atoms with Gasteiger partial charge in [0, 0.05) is 5.02 Å². The minimum atomic E-state index is -3.89. The fourth-order valence-corrected chi connectivity index (χ4v) is 3.29. The second-order valence-corrected chi connectivity index (χ2v) is 6.05. The van der Waals surface area contributed by atoms with E-state index in [0.29, 0.717) is 11.3 Å². The molecule has 0 aliphatic heterocycles. The van der Waals surface area contributed by atoms with Gasteiger partial charge in [-0.15, -0.1) is 0 Å². The molecule has 18 heavy (non-hydrogen) atoms. The fourth-order valence-electron chi connectivity index (χ4n) is 1.34. The third kappa shape index (κ3) is 2.29. The molecule has 1 heterocycles. The predicted molar refractivity (Wildman–Crippen MR) is 66.0 cm³/mol. The molecular formula is C11H6Cl2O4S. The van der Waals surface area contributed by atoms with Crippen molar-refractivity contribution in [1.82, 2.24) is 0 Å². The van der Waals surface area contributed by atoms with E-state index in [1.807, 2.05) is 0 Å². The molecule has 2 aromatic rings. The summed E-state index contributed by atoms with van der Waals surface area (Å²) in [5.74, 6) is -0.0707. The van der Waals surface area contributed by atoms with E-state index in [-0.39, 0.29) is 20.8 Å². The van der Waals surface area contributed by atoms with Gasteiger partial charge < -0.3 is 4.42 Å². The van der Waals surface area contributed by atoms with Gasteiger partial charge in [-0.3, -0.25) is 4.79 Å². The van der Waals surface area contributed by atoms with Crippen molar-refractivity contribution >= 4 is 39.3 Å². The number of carbonyl (C=O) groups is 1. The highest BCUT2D eigenvalue weighted by atomic mass is 35.5. The van der Waals surface area contributed by atoms with Crippen LogP contribution in [0.2, 0.25) is 10.0 Å². The van der Waals surface area contributed by atoms with Gasteiger partial charge in [-0.25, -0.2) is 8.42 Å². The van der Waals surface area contributed by atoms with Gasteiger partial charge in [0.2, 0.25) is 14.9 Å². The van der Waals surface area contributed by atoms with Gasteiger partial charge >= 0.3 is 0 Å². The van der Waals surface area contributed by atoms with Gasteiger partial charge in [-0.2, -0.15) is 0 Å². The molecule has 4 nitrogen and oxygen atoms in total. The van der Waals surface area contributed by atoms with Crippen LogP contribution in [0.4, 0.5) is 0 Å². The summed E-state index contributed by atoms with van der Waals surface area (Å²) in [5.41, 5.74) is 0. The first-order chi connectivity index (χ1) is 8.45. The molecule has 0 N–H and O–H groups in total. The van der Waals surface area contributed by atoms with Gasteiger partial charge in [0.25, 0.3) is 0 Å². The molecule has 0 aliphatic rings. The highest BCUT2D eigenvalue weighted by Gasteiger charge is 2.24. The molecule has 2 rings (SSSR count). The largest absolute Gasteiger partial charge is 0.441 e. The summed E-state index contributed by atoms with van der Waals surface area (Å²) in [6.45, 7) is 0. The van der Waals surface area contributed by atoms with Crippen LogP contribution >= 0.6 is 23.2 Å². The Kier molecular flexibility index (Phi) is 3.47. The number of benzene rings is 1. The molecule has 1 aromatic carbocycles. The van der Waals surface area contributed by atoms with Crippen molar-refractivity contribution in [1.29, 1.82) is 0 Å². The lowest BCUT2D eigenvalue weighted by Gasteiger charge is -2.03. The third-order valence-corrected chi connectivity index (χ3v) is 4.51. The number of furan rings is 1. The molecule has 0 unspecified atom stereocenters. The molecule has 0 fully saturated rings. The SMILES string of the molecule is O=Cc1ccc(S(=O)(=O)c2ccc(Cl)cc2Cl)o1. The first kappa shape index (κ1) is 13.1. The fraction of sp³-hybridized carbons (Fsp3) is 0. The van der Waals surface area contributed by atoms with Crippen LogP contribution in [0.5, 0.6) is 0 Å². The summed E-state index contributed by atoms with van der Waals surface area (Å²) in [5, 5.41) is -0.0210. The van der Waals surface area contributed by atoms with Crippen LogP contribution in [-0.4, -0.2) is 14.7 Å². The van der Waals surface area contributed by atoms with Gasteiger partial charge in [-0.05, 0) is 30.3 Å². The van der Waals surface area contributed by atoms with Gasteiger partial charge in [0.15, 0.2) is 12.0 Å². The molecule has 7 heteroatoms. The first-order valence-corrected chi connectivity index (χ1v) is 6.94. The average molecular weight is 305 g/mol. The van der Waals surface area contributed by atoms with Crippen LogP contribution in [-0.2, 0) is 9.84 Å². The van der Waals surface area contributed by atoms with Crippen molar-refractivity contribution in [2.24, 2.45) is 0 Å². The zero-order valence-electron chi connectivity index (χ0n) is 8.76. The summed E-state index contributed by atoms with van der Waals surface area (Å²) in [6, 6.07) is 6.47. The van der Waals surface area contributed by atoms with Gasteiger partial charge in [0.05, 0.1) is 9.92 Å². The summed E-state index contributed by atoms with van der Waals surface area (Å²) in [7, 11) is -3.89. The summed E-state index contributed by atoms with van der Waals surface area (Å²) in [4.78, 5) is 10.3. The van der Waals surface area contributed by atoms with E-state index < -0.39 is 9.84 Å². The maximum atomic E-state index is 12.2. The number of hydrogen-bond donors (Lipinski definition) is 0. The summed E-state index contributed by atoms with van der Waals surface area (Å²) in [6.07, 6.45) is 0.419. The lowest BCUT2D eigenvalue weighted by Crippen LogP contribution is -2.01. The maximum absolute atomic E-state index is 12.2. The smallest absolute Gasteiger partial charge is 0.241 e. The number of rotatable bonds is 3. The molecule has 0 amide bonds. The van der Waals surface area contributed by atoms with E-state index in [1.54, 1.807) is 0 Å². The molecule has 0 saturated heterocycles. The Hall–Kier alpha value is -1.30. The average Bonchev–Trinajstić information content (AvgIpc) is 2.77. The second kappa shape index (κ2) is 4.76. The van der Waals surface area contributed by atoms with E-state index in [1.165, 1.54) is 30.3 Å². The van der Waals surface area contributed by atoms with E-state index in [2.05, 4.69) is 0 Å². The molecule has 1 aromatic heterocycles. The molecule has 0 saturated carbocycles. The van der Waals surface area contributed by atoms with E-state index in [0.717, 1.165) is 0 Å². The van der Waals surface area contributed by atoms with Crippen molar-refractivity contribution in [3.63, 3.8) is 0 Å². The van der Waals surface area contributed by atoms with Crippen molar-refractivity contribution in [3.05, 3.63) is 46.1 Å². The Morgan fingerprint density at radius 1 is 1.11 bits per heavy atom. The Morgan fingerprint density at radius 2 is 1.83 bits per heavy atom. The summed E-state index contributed by atoms with van der Waals surface area (Å²) >= 11 is 11.5. The zero-order chi connectivity index (χ0) is 13.3. The number of aldehydes is 1. The van der Waals surface area contributed by atoms with Crippen LogP contribution in [0.3, 0.4) is 0 Å². The lowest BCUT2D eigenvalue weighted by atomic mass is 10.4. The Balaban J connectivity index is 2.57. The number of hydrogen-bond acceptors (Lipinski definition) is 4. The molecule has 94 valence electrons. The van der Waals surface area contributed by atoms with Crippen LogP contribution in [0.15, 0.2) is 44.7 Å². The van der Waals surface area contributed by atoms with E-state index in [9.17, 15) is 13.2 Å². The quantitative estimate of drug-likeness (QED) is 0.817. The lowest BCUT2D eigenvalue weighted by molar-refractivity contribution is 0.109. The zero-order valence-corrected chi connectivity index (χ0v) is 11.1. The molecule has 0 radical (unpaired) electrons. The van der Waals surface area contributed by atoms with Gasteiger partial charge in [-0.1, -0.05) is 23.2 Å². The Morgan fingerprint density at radius 3 is 2.39 bits per heavy atom. The molecule has 0 aliphatic carbocycles. The minimum absolute atomic E-state index is 0.00782. The highest BCUT2D eigenvalue weighted by molar-refractivity contribution is 7.91. The number of sulfone groups is 1. The molecule has 0 spiro atoms. The third-order valence-electron chi connectivity index (χ3n) is 2.17. The molecule has 0 bridgehead atoms. The topological polar surface area (TPSA) is 64.3 Å². The molecule has 0 atom stereocenters. The standard InChI is InChI=1S/C11H6Cl2O4S/c12-7-1-3-10(9(13)5-7)18(15,16)11-4-2-8(6-14)17-11/h1-6H. The van der Waals surface area contributed by atoms with Crippen LogP contribution < -0.4 is 0 Å².